The van der Waals surface area contributed by atoms with Gasteiger partial charge in [0.1, 0.15) is 11.6 Å². The molecule has 1 N–H and O–H groups in total. The monoisotopic (exact) mass is 347 g/mol. The predicted molar refractivity (Wildman–Crippen MR) is 101 cm³/mol. The summed E-state index contributed by atoms with van der Waals surface area (Å²) in [5.74, 6) is 1.54. The molecule has 0 saturated carbocycles. The minimum absolute atomic E-state index is 0.00169. The van der Waals surface area contributed by atoms with Gasteiger partial charge in [-0.25, -0.2) is 4.68 Å². The van der Waals surface area contributed by atoms with Gasteiger partial charge in [0.25, 0.3) is 0 Å². The standard InChI is InChI=1S/C21H21N3O2/c1-3-26-17-6-4-5-15(11-17)18-12-20(25)23-21-19(18)13-22-24(21)16-9-7-14(2)8-10-16/h4-11,13,18H,3,12H2,1-2H3,(H,23,25)/t18-/m1/s1. The van der Waals surface area contributed by atoms with Crippen molar-refractivity contribution in [3.8, 4) is 11.4 Å². The van der Waals surface area contributed by atoms with Gasteiger partial charge in [-0.05, 0) is 43.7 Å². The van der Waals surface area contributed by atoms with Crippen molar-refractivity contribution >= 4 is 11.7 Å². The fourth-order valence-corrected chi connectivity index (χ4v) is 3.39. The molecule has 0 radical (unpaired) electrons. The Balaban J connectivity index is 1.76. The van der Waals surface area contributed by atoms with E-state index in [1.807, 2.05) is 68.6 Å². The second-order valence-corrected chi connectivity index (χ2v) is 6.51. The van der Waals surface area contributed by atoms with Gasteiger partial charge in [-0.1, -0.05) is 29.8 Å². The van der Waals surface area contributed by atoms with Crippen LogP contribution in [0.15, 0.2) is 54.7 Å². The molecule has 132 valence electrons. The molecule has 2 heterocycles. The minimum Gasteiger partial charge on any atom is -0.494 e. The lowest BCUT2D eigenvalue weighted by Crippen LogP contribution is -2.24. The number of ether oxygens (including phenoxy) is 1. The van der Waals surface area contributed by atoms with E-state index in [0.29, 0.717) is 13.0 Å². The fraction of sp³-hybridized carbons (Fsp3) is 0.238. The number of carbonyl (C=O) groups excluding carboxylic acids is 1. The van der Waals surface area contributed by atoms with Crippen LogP contribution in [-0.2, 0) is 4.79 Å². The van der Waals surface area contributed by atoms with Crippen LogP contribution >= 0.6 is 0 Å². The lowest BCUT2D eigenvalue weighted by atomic mass is 9.87. The maximum atomic E-state index is 12.4. The number of amides is 1. The highest BCUT2D eigenvalue weighted by Gasteiger charge is 2.30. The SMILES string of the molecule is CCOc1cccc([C@H]2CC(=O)Nc3c2cnn3-c2ccc(C)cc2)c1. The molecule has 5 heteroatoms. The number of nitrogens with zero attached hydrogens (tertiary/aromatic N) is 2. The van der Waals surface area contributed by atoms with E-state index in [4.69, 9.17) is 4.74 Å². The van der Waals surface area contributed by atoms with Crippen molar-refractivity contribution in [2.24, 2.45) is 0 Å². The van der Waals surface area contributed by atoms with Gasteiger partial charge in [-0.2, -0.15) is 5.10 Å². The summed E-state index contributed by atoms with van der Waals surface area (Å²) in [6.45, 7) is 4.63. The molecule has 2 aromatic carbocycles. The number of aromatic nitrogens is 2. The number of hydrogen-bond acceptors (Lipinski definition) is 3. The Bertz CT molecular complexity index is 944. The van der Waals surface area contributed by atoms with Crippen molar-refractivity contribution in [3.05, 3.63) is 71.4 Å². The molecule has 1 atom stereocenters. The molecule has 5 nitrogen and oxygen atoms in total. The van der Waals surface area contributed by atoms with E-state index in [1.165, 1.54) is 5.56 Å². The molecule has 1 amide bonds. The highest BCUT2D eigenvalue weighted by atomic mass is 16.5. The summed E-state index contributed by atoms with van der Waals surface area (Å²) < 4.78 is 7.41. The first-order valence-corrected chi connectivity index (χ1v) is 8.83. The average Bonchev–Trinajstić information content (AvgIpc) is 3.06. The van der Waals surface area contributed by atoms with Crippen LogP contribution in [0.1, 0.15) is 36.0 Å². The number of carbonyl (C=O) groups is 1. The Morgan fingerprint density at radius 1 is 1.23 bits per heavy atom. The number of nitrogens with one attached hydrogen (secondary N) is 1. The Kier molecular flexibility index (Phi) is 4.21. The second-order valence-electron chi connectivity index (χ2n) is 6.51. The number of benzene rings is 2. The normalized spacial score (nSPS) is 16.1. The number of fused-ring (bicyclic) bond motifs is 1. The summed E-state index contributed by atoms with van der Waals surface area (Å²) in [5.41, 5.74) is 4.21. The maximum absolute atomic E-state index is 12.4. The molecule has 0 bridgehead atoms. The molecule has 1 aromatic heterocycles. The molecule has 4 rings (SSSR count). The molecule has 1 aliphatic heterocycles. The van der Waals surface area contributed by atoms with Gasteiger partial charge in [-0.15, -0.1) is 0 Å². The topological polar surface area (TPSA) is 56.1 Å². The Morgan fingerprint density at radius 3 is 2.81 bits per heavy atom. The van der Waals surface area contributed by atoms with Crippen LogP contribution in [0, 0.1) is 6.92 Å². The zero-order valence-electron chi connectivity index (χ0n) is 14.9. The lowest BCUT2D eigenvalue weighted by Gasteiger charge is -2.24. The first-order chi connectivity index (χ1) is 12.7. The maximum Gasteiger partial charge on any atom is 0.226 e. The Labute approximate surface area is 152 Å². The van der Waals surface area contributed by atoms with Gasteiger partial charge < -0.3 is 10.1 Å². The molecular formula is C21H21N3O2. The van der Waals surface area contributed by atoms with Crippen LogP contribution in [0.5, 0.6) is 5.75 Å². The fourth-order valence-electron chi connectivity index (χ4n) is 3.39. The molecule has 3 aromatic rings. The molecule has 0 saturated heterocycles. The van der Waals surface area contributed by atoms with Crippen molar-refractivity contribution in [1.29, 1.82) is 0 Å². The van der Waals surface area contributed by atoms with Crippen LogP contribution in [0.25, 0.3) is 5.69 Å². The summed E-state index contributed by atoms with van der Waals surface area (Å²) in [5, 5.41) is 7.53. The van der Waals surface area contributed by atoms with Gasteiger partial charge in [-0.3, -0.25) is 4.79 Å². The smallest absolute Gasteiger partial charge is 0.226 e. The van der Waals surface area contributed by atoms with E-state index in [1.54, 1.807) is 4.68 Å². The van der Waals surface area contributed by atoms with Crippen molar-refractivity contribution in [2.45, 2.75) is 26.2 Å². The predicted octanol–water partition coefficient (Wildman–Crippen LogP) is 4.05. The van der Waals surface area contributed by atoms with E-state index in [0.717, 1.165) is 28.4 Å². The third kappa shape index (κ3) is 2.96. The van der Waals surface area contributed by atoms with E-state index < -0.39 is 0 Å². The largest absolute Gasteiger partial charge is 0.494 e. The second kappa shape index (κ2) is 6.67. The van der Waals surface area contributed by atoms with E-state index in [2.05, 4.69) is 10.4 Å². The third-order valence-electron chi connectivity index (χ3n) is 4.67. The number of anilines is 1. The average molecular weight is 347 g/mol. The third-order valence-corrected chi connectivity index (χ3v) is 4.67. The van der Waals surface area contributed by atoms with Crippen LogP contribution < -0.4 is 10.1 Å². The van der Waals surface area contributed by atoms with Crippen LogP contribution in [-0.4, -0.2) is 22.3 Å². The molecule has 26 heavy (non-hydrogen) atoms. The van der Waals surface area contributed by atoms with Crippen LogP contribution in [0.4, 0.5) is 5.82 Å². The van der Waals surface area contributed by atoms with Crippen molar-refractivity contribution in [3.63, 3.8) is 0 Å². The first-order valence-electron chi connectivity index (χ1n) is 8.83. The number of rotatable bonds is 4. The van der Waals surface area contributed by atoms with Crippen LogP contribution in [0.3, 0.4) is 0 Å². The van der Waals surface area contributed by atoms with Crippen LogP contribution in [0.2, 0.25) is 0 Å². The quantitative estimate of drug-likeness (QED) is 0.774. The van der Waals surface area contributed by atoms with Gasteiger partial charge in [0.15, 0.2) is 0 Å². The van der Waals surface area contributed by atoms with Gasteiger partial charge in [0, 0.05) is 17.9 Å². The summed E-state index contributed by atoms with van der Waals surface area (Å²) in [6.07, 6.45) is 2.26. The highest BCUT2D eigenvalue weighted by molar-refractivity contribution is 5.94. The molecule has 0 unspecified atom stereocenters. The lowest BCUT2D eigenvalue weighted by molar-refractivity contribution is -0.116. The van der Waals surface area contributed by atoms with Crippen molar-refractivity contribution in [2.75, 3.05) is 11.9 Å². The molecule has 1 aliphatic rings. The number of aryl methyl sites for hydroxylation is 1. The molecule has 0 fully saturated rings. The molecule has 0 spiro atoms. The summed E-state index contributed by atoms with van der Waals surface area (Å²) in [4.78, 5) is 12.4. The summed E-state index contributed by atoms with van der Waals surface area (Å²) >= 11 is 0. The van der Waals surface area contributed by atoms with Gasteiger partial charge in [0.05, 0.1) is 18.5 Å². The number of hydrogen-bond donors (Lipinski definition) is 1. The Hall–Kier alpha value is -3.08. The zero-order valence-corrected chi connectivity index (χ0v) is 14.9. The van der Waals surface area contributed by atoms with Gasteiger partial charge in [0.2, 0.25) is 5.91 Å². The zero-order chi connectivity index (χ0) is 18.1. The molecular weight excluding hydrogens is 326 g/mol. The Morgan fingerprint density at radius 2 is 2.04 bits per heavy atom. The summed E-state index contributed by atoms with van der Waals surface area (Å²) in [6, 6.07) is 16.1. The highest BCUT2D eigenvalue weighted by Crippen LogP contribution is 2.38. The first kappa shape index (κ1) is 16.4. The molecule has 0 aliphatic carbocycles. The van der Waals surface area contributed by atoms with Crippen molar-refractivity contribution < 1.29 is 9.53 Å². The minimum atomic E-state index is -0.0293. The van der Waals surface area contributed by atoms with Crippen molar-refractivity contribution in [1.82, 2.24) is 9.78 Å². The summed E-state index contributed by atoms with van der Waals surface area (Å²) in [7, 11) is 0. The van der Waals surface area contributed by atoms with E-state index in [-0.39, 0.29) is 11.8 Å². The van der Waals surface area contributed by atoms with E-state index in [9.17, 15) is 4.79 Å². The van der Waals surface area contributed by atoms with E-state index >= 15 is 0 Å². The van der Waals surface area contributed by atoms with Gasteiger partial charge >= 0.3 is 0 Å².